The van der Waals surface area contributed by atoms with Gasteiger partial charge >= 0.3 is 84.1 Å². The van der Waals surface area contributed by atoms with Crippen LogP contribution in [0.1, 0.15) is 4.28 Å². The van der Waals surface area contributed by atoms with Crippen molar-refractivity contribution >= 4 is 82.6 Å². The van der Waals surface area contributed by atoms with E-state index in [2.05, 4.69) is 0 Å². The van der Waals surface area contributed by atoms with Crippen molar-refractivity contribution < 1.29 is 23.1 Å². The van der Waals surface area contributed by atoms with Gasteiger partial charge in [0.2, 0.25) is 0 Å². The Morgan fingerprint density at radius 3 is 1.25 bits per heavy atom. The van der Waals surface area contributed by atoms with Crippen molar-refractivity contribution in [2.75, 3.05) is 0 Å². The first-order chi connectivity index (χ1) is 0. The van der Waals surface area contributed by atoms with E-state index >= 15 is 0 Å². The van der Waals surface area contributed by atoms with E-state index in [1.54, 1.807) is 0 Å². The van der Waals surface area contributed by atoms with Crippen molar-refractivity contribution in [3.63, 3.8) is 0 Å². The monoisotopic (exact) mass is 200 g/mol. The Morgan fingerprint density at radius 1 is 1.25 bits per heavy atom. The van der Waals surface area contributed by atoms with Gasteiger partial charge in [-0.2, -0.15) is 0 Å². The zero-order chi connectivity index (χ0) is 0. The molecular formula is H9AlGaLiSr. The molecule has 4 heteroatoms. The Bertz CT molecular complexity index is 14.9. The minimum Gasteiger partial charge on any atom is -1.00 e. The number of hydrogen-bond donors (Lipinski definition) is 0. The molecule has 0 aromatic heterocycles. The van der Waals surface area contributed by atoms with Crippen molar-refractivity contribution in [3.8, 4) is 0 Å². The van der Waals surface area contributed by atoms with Gasteiger partial charge in [0.1, 0.15) is 0 Å². The predicted octanol–water partition coefficient (Wildman–Crippen LogP) is -5.41. The van der Waals surface area contributed by atoms with E-state index in [0.717, 1.165) is 0 Å². The first kappa shape index (κ1) is 26.8. The molecule has 0 heterocycles. The van der Waals surface area contributed by atoms with Crippen molar-refractivity contribution in [2.24, 2.45) is 0 Å². The van der Waals surface area contributed by atoms with Crippen LogP contribution in [-0.4, -0.2) is 82.6 Å². The van der Waals surface area contributed by atoms with Crippen LogP contribution in [0.3, 0.4) is 0 Å². The fourth-order valence-electron chi connectivity index (χ4n) is 0. The SMILES string of the molecule is [AlH3].[GaH3].[H-].[H-].[H-].[Li+].[Sr+2]. The Hall–Kier alpha value is 3.25. The van der Waals surface area contributed by atoms with Gasteiger partial charge in [-0.05, 0) is 0 Å². The maximum atomic E-state index is 0. The minimum atomic E-state index is 0. The molecule has 0 bridgehead atoms. The molecule has 0 amide bonds. The summed E-state index contributed by atoms with van der Waals surface area (Å²) in [7, 11) is 0. The summed E-state index contributed by atoms with van der Waals surface area (Å²) in [5.41, 5.74) is 0. The molecule has 0 atom stereocenters. The zero-order valence-corrected chi connectivity index (χ0v) is 5.18. The molecule has 0 aliphatic heterocycles. The number of hydrogen-bond acceptors (Lipinski definition) is 0. The third-order valence-corrected chi connectivity index (χ3v) is 0. The molecule has 0 spiro atoms. The Labute approximate surface area is 104 Å². The van der Waals surface area contributed by atoms with Crippen molar-refractivity contribution in [1.82, 2.24) is 0 Å². The molecule has 0 saturated carbocycles. The topological polar surface area (TPSA) is 0 Å². The summed E-state index contributed by atoms with van der Waals surface area (Å²) in [4.78, 5) is 0. The third kappa shape index (κ3) is 8.98. The van der Waals surface area contributed by atoms with Gasteiger partial charge in [-0.25, -0.2) is 0 Å². The molecule has 0 aliphatic carbocycles. The molecule has 0 aromatic carbocycles. The first-order valence-electron chi connectivity index (χ1n) is 0. The van der Waals surface area contributed by atoms with Gasteiger partial charge in [-0.15, -0.1) is 0 Å². The van der Waals surface area contributed by atoms with Crippen LogP contribution in [0.5, 0.6) is 0 Å². The van der Waals surface area contributed by atoms with Crippen molar-refractivity contribution in [3.05, 3.63) is 0 Å². The van der Waals surface area contributed by atoms with Crippen LogP contribution in [0.2, 0.25) is 0 Å². The Kier molecular flexibility index (Phi) is 109. The maximum Gasteiger partial charge on any atom is 2.00 e. The van der Waals surface area contributed by atoms with Gasteiger partial charge < -0.3 is 4.28 Å². The molecule has 0 N–H and O–H groups in total. The normalized spacial score (nSPS) is 0. The standard InChI is InChI=1S/Al.Ga.Li.Sr.9H/q;;+1;+2;;;;;;;3*-1. The van der Waals surface area contributed by atoms with Crippen LogP contribution >= 0.6 is 0 Å². The van der Waals surface area contributed by atoms with Crippen molar-refractivity contribution in [1.29, 1.82) is 0 Å². The second-order valence-corrected chi connectivity index (χ2v) is 0. The van der Waals surface area contributed by atoms with E-state index in [1.807, 2.05) is 0 Å². The minimum absolute atomic E-state index is 0. The molecule has 0 unspecified atom stereocenters. The van der Waals surface area contributed by atoms with Gasteiger partial charge in [-0.1, -0.05) is 0 Å². The largest absolute Gasteiger partial charge is 2.00 e. The van der Waals surface area contributed by atoms with Crippen LogP contribution < -0.4 is 18.9 Å². The van der Waals surface area contributed by atoms with E-state index in [9.17, 15) is 0 Å². The van der Waals surface area contributed by atoms with Crippen molar-refractivity contribution in [2.45, 2.75) is 0 Å². The fraction of sp³-hybridized carbons (Fsp3) is 0. The average molecular weight is 200 g/mol. The fourth-order valence-corrected chi connectivity index (χ4v) is 0. The summed E-state index contributed by atoms with van der Waals surface area (Å²) in [6.07, 6.45) is 0. The van der Waals surface area contributed by atoms with Gasteiger partial charge in [0.25, 0.3) is 0 Å². The van der Waals surface area contributed by atoms with Gasteiger partial charge in [0.15, 0.2) is 17.4 Å². The van der Waals surface area contributed by atoms with Gasteiger partial charge in [0.05, 0.1) is 0 Å². The third-order valence-electron chi connectivity index (χ3n) is 0. The predicted molar refractivity (Wildman–Crippen MR) is 29.0 cm³/mol. The molecule has 18 valence electrons. The Morgan fingerprint density at radius 2 is 1.25 bits per heavy atom. The first-order valence-corrected chi connectivity index (χ1v) is 0. The molecule has 0 saturated heterocycles. The van der Waals surface area contributed by atoms with Crippen LogP contribution in [0.4, 0.5) is 0 Å². The summed E-state index contributed by atoms with van der Waals surface area (Å²) < 4.78 is 0. The van der Waals surface area contributed by atoms with Gasteiger partial charge in [-0.3, -0.25) is 0 Å². The van der Waals surface area contributed by atoms with E-state index in [0.29, 0.717) is 0 Å². The van der Waals surface area contributed by atoms with Crippen LogP contribution in [0, 0.1) is 0 Å². The van der Waals surface area contributed by atoms with Gasteiger partial charge in [0, 0.05) is 0 Å². The number of rotatable bonds is 0. The molecule has 4 heavy (non-hydrogen) atoms. The molecule has 0 radical (unpaired) electrons. The second-order valence-electron chi connectivity index (χ2n) is 0. The van der Waals surface area contributed by atoms with E-state index in [-0.39, 0.29) is 106 Å². The van der Waals surface area contributed by atoms with Crippen LogP contribution in [0.15, 0.2) is 0 Å². The maximum absolute atomic E-state index is 0. The smallest absolute Gasteiger partial charge is 1.00 e. The summed E-state index contributed by atoms with van der Waals surface area (Å²) in [6.45, 7) is 0. The summed E-state index contributed by atoms with van der Waals surface area (Å²) in [5, 5.41) is 0. The zero-order valence-electron chi connectivity index (χ0n) is 4.71. The summed E-state index contributed by atoms with van der Waals surface area (Å²) in [6, 6.07) is 0. The molecule has 0 fully saturated rings. The average Bonchev–Trinajstić information content (AvgIpc) is 0. The molecule has 0 nitrogen and oxygen atoms in total. The van der Waals surface area contributed by atoms with E-state index in [4.69, 9.17) is 0 Å². The molecule has 0 aromatic rings. The van der Waals surface area contributed by atoms with Crippen LogP contribution in [-0.2, 0) is 0 Å². The summed E-state index contributed by atoms with van der Waals surface area (Å²) >= 11 is 0. The van der Waals surface area contributed by atoms with Crippen LogP contribution in [0.25, 0.3) is 0 Å². The van der Waals surface area contributed by atoms with E-state index < -0.39 is 0 Å². The quantitative estimate of drug-likeness (QED) is 0.343. The summed E-state index contributed by atoms with van der Waals surface area (Å²) in [5.74, 6) is 0. The Balaban J connectivity index is 0. The second kappa shape index (κ2) is 16.3. The molecule has 0 aliphatic rings. The molecular weight excluding hydrogens is 191 g/mol. The van der Waals surface area contributed by atoms with E-state index in [1.165, 1.54) is 0 Å². The molecule has 0 rings (SSSR count).